The van der Waals surface area contributed by atoms with Crippen molar-refractivity contribution in [2.45, 2.75) is 59.0 Å². The average molecular weight is 434 g/mol. The van der Waals surface area contributed by atoms with Gasteiger partial charge in [-0.3, -0.25) is 9.59 Å². The summed E-state index contributed by atoms with van der Waals surface area (Å²) in [7, 11) is 0. The van der Waals surface area contributed by atoms with Crippen molar-refractivity contribution in [2.24, 2.45) is 10.8 Å². The average Bonchev–Trinajstić information content (AvgIpc) is 3.00. The largest absolute Gasteiger partial charge is 0.335 e. The molecule has 1 saturated heterocycles. The first kappa shape index (κ1) is 22.5. The van der Waals surface area contributed by atoms with E-state index in [1.807, 2.05) is 42.5 Å². The minimum Gasteiger partial charge on any atom is -0.335 e. The predicted octanol–water partition coefficient (Wildman–Crippen LogP) is 4.85. The zero-order valence-electron chi connectivity index (χ0n) is 19.5. The lowest BCUT2D eigenvalue weighted by molar-refractivity contribution is -0.116. The van der Waals surface area contributed by atoms with Crippen LogP contribution in [-0.4, -0.2) is 35.8 Å². The second-order valence-corrected chi connectivity index (χ2v) is 10.7. The zero-order chi connectivity index (χ0) is 22.8. The molecule has 1 aliphatic carbocycles. The Balaban J connectivity index is 1.27. The number of hydrogen-bond acceptors (Lipinski definition) is 3. The molecule has 5 heteroatoms. The van der Waals surface area contributed by atoms with Crippen LogP contribution in [0.1, 0.15) is 62.4 Å². The van der Waals surface area contributed by atoms with Crippen LogP contribution in [0.25, 0.3) is 0 Å². The number of carbonyl (C=O) groups is 2. The lowest BCUT2D eigenvalue weighted by Gasteiger charge is -2.39. The molecule has 0 aromatic heterocycles. The van der Waals surface area contributed by atoms with Gasteiger partial charge in [0.15, 0.2) is 0 Å². The smallest absolute Gasteiger partial charge is 0.254 e. The summed E-state index contributed by atoms with van der Waals surface area (Å²) in [4.78, 5) is 27.5. The number of nitrogens with one attached hydrogen (secondary N) is 2. The van der Waals surface area contributed by atoms with E-state index in [1.54, 1.807) is 0 Å². The van der Waals surface area contributed by atoms with Crippen LogP contribution in [0.4, 0.5) is 5.69 Å². The molecule has 2 amide bonds. The first-order valence-electron chi connectivity index (χ1n) is 11.7. The highest BCUT2D eigenvalue weighted by atomic mass is 16.2. The highest BCUT2D eigenvalue weighted by Gasteiger charge is 2.50. The number of likely N-dealkylation sites (tertiary alicyclic amines) is 1. The van der Waals surface area contributed by atoms with Crippen LogP contribution >= 0.6 is 0 Å². The summed E-state index contributed by atoms with van der Waals surface area (Å²) in [6.45, 7) is 9.16. The molecule has 0 radical (unpaired) electrons. The Morgan fingerprint density at radius 1 is 1.00 bits per heavy atom. The van der Waals surface area contributed by atoms with Gasteiger partial charge in [-0.15, -0.1) is 0 Å². The number of amides is 2. The highest BCUT2D eigenvalue weighted by Crippen LogP contribution is 2.52. The van der Waals surface area contributed by atoms with Gasteiger partial charge in [0, 0.05) is 43.3 Å². The van der Waals surface area contributed by atoms with Crippen LogP contribution in [0, 0.1) is 10.8 Å². The molecule has 2 aromatic carbocycles. The lowest BCUT2D eigenvalue weighted by Crippen LogP contribution is -2.37. The summed E-state index contributed by atoms with van der Waals surface area (Å²) in [6.07, 6.45) is 3.75. The number of carbonyl (C=O) groups excluding carboxylic acids is 2. The number of anilines is 1. The van der Waals surface area contributed by atoms with Gasteiger partial charge in [-0.2, -0.15) is 0 Å². The minimum atomic E-state index is -0.0341. The molecular formula is C27H35N3O2. The maximum absolute atomic E-state index is 13.2. The molecule has 2 unspecified atom stereocenters. The van der Waals surface area contributed by atoms with E-state index in [4.69, 9.17) is 0 Å². The normalized spacial score (nSPS) is 23.7. The van der Waals surface area contributed by atoms with Gasteiger partial charge >= 0.3 is 0 Å². The molecule has 2 atom stereocenters. The Morgan fingerprint density at radius 2 is 1.72 bits per heavy atom. The van der Waals surface area contributed by atoms with Crippen LogP contribution in [-0.2, 0) is 11.3 Å². The first-order valence-corrected chi connectivity index (χ1v) is 11.7. The van der Waals surface area contributed by atoms with E-state index in [1.165, 1.54) is 12.0 Å². The van der Waals surface area contributed by atoms with Crippen LogP contribution in [0.5, 0.6) is 0 Å². The van der Waals surface area contributed by atoms with Crippen LogP contribution in [0.3, 0.4) is 0 Å². The minimum absolute atomic E-state index is 0.0341. The fourth-order valence-electron chi connectivity index (χ4n) is 5.81. The number of hydrogen-bond donors (Lipinski definition) is 2. The van der Waals surface area contributed by atoms with Crippen LogP contribution < -0.4 is 10.6 Å². The Hall–Kier alpha value is -2.66. The number of rotatable bonds is 7. The van der Waals surface area contributed by atoms with Crippen LogP contribution in [0.2, 0.25) is 0 Å². The van der Waals surface area contributed by atoms with Gasteiger partial charge in [0.2, 0.25) is 5.91 Å². The van der Waals surface area contributed by atoms with Gasteiger partial charge in [0.1, 0.15) is 0 Å². The van der Waals surface area contributed by atoms with Gasteiger partial charge < -0.3 is 15.5 Å². The molecule has 1 saturated carbocycles. The Morgan fingerprint density at radius 3 is 2.44 bits per heavy atom. The number of benzene rings is 2. The third-order valence-electron chi connectivity index (χ3n) is 6.79. The van der Waals surface area contributed by atoms with Gasteiger partial charge in [-0.1, -0.05) is 51.1 Å². The molecule has 1 aliphatic heterocycles. The summed E-state index contributed by atoms with van der Waals surface area (Å²) < 4.78 is 0. The van der Waals surface area contributed by atoms with E-state index >= 15 is 0 Å². The molecule has 2 fully saturated rings. The van der Waals surface area contributed by atoms with Crippen molar-refractivity contribution >= 4 is 17.5 Å². The first-order chi connectivity index (χ1) is 15.2. The van der Waals surface area contributed by atoms with E-state index in [0.717, 1.165) is 31.6 Å². The van der Waals surface area contributed by atoms with Crippen molar-refractivity contribution in [3.05, 3.63) is 65.7 Å². The lowest BCUT2D eigenvalue weighted by atomic mass is 9.65. The highest BCUT2D eigenvalue weighted by molar-refractivity contribution is 5.96. The summed E-state index contributed by atoms with van der Waals surface area (Å²) in [5.74, 6) is 0.0764. The summed E-state index contributed by atoms with van der Waals surface area (Å²) >= 11 is 0. The second kappa shape index (κ2) is 9.07. The molecule has 170 valence electrons. The summed E-state index contributed by atoms with van der Waals surface area (Å²) in [5.41, 5.74) is 3.14. The van der Waals surface area contributed by atoms with Gasteiger partial charge in [-0.05, 0) is 59.9 Å². The molecule has 0 spiro atoms. The molecule has 2 aromatic rings. The van der Waals surface area contributed by atoms with E-state index in [-0.39, 0.29) is 22.6 Å². The van der Waals surface area contributed by atoms with Crippen molar-refractivity contribution in [1.29, 1.82) is 0 Å². The van der Waals surface area contributed by atoms with E-state index in [0.29, 0.717) is 24.6 Å². The summed E-state index contributed by atoms with van der Waals surface area (Å²) in [6, 6.07) is 17.8. The van der Waals surface area contributed by atoms with Crippen molar-refractivity contribution in [2.75, 3.05) is 18.4 Å². The van der Waals surface area contributed by atoms with Gasteiger partial charge in [0.05, 0.1) is 0 Å². The molecule has 32 heavy (non-hydrogen) atoms. The SMILES string of the molecule is CC1(C)CC2CC(C)(CN2C(=O)c2ccc(NC(=O)CCNCc3ccccc3)cc2)C1. The topological polar surface area (TPSA) is 61.4 Å². The van der Waals surface area contributed by atoms with Crippen LogP contribution in [0.15, 0.2) is 54.6 Å². The van der Waals surface area contributed by atoms with Gasteiger partial charge in [0.25, 0.3) is 5.91 Å². The molecule has 1 heterocycles. The predicted molar refractivity (Wildman–Crippen MR) is 128 cm³/mol. The molecular weight excluding hydrogens is 398 g/mol. The maximum Gasteiger partial charge on any atom is 0.254 e. The Kier molecular flexibility index (Phi) is 6.38. The monoisotopic (exact) mass is 433 g/mol. The summed E-state index contributed by atoms with van der Waals surface area (Å²) in [5, 5.41) is 6.22. The van der Waals surface area contributed by atoms with Crippen molar-refractivity contribution < 1.29 is 9.59 Å². The molecule has 2 bridgehead atoms. The van der Waals surface area contributed by atoms with Crippen molar-refractivity contribution in [3.63, 3.8) is 0 Å². The number of nitrogens with zero attached hydrogens (tertiary/aromatic N) is 1. The van der Waals surface area contributed by atoms with Crippen molar-refractivity contribution in [1.82, 2.24) is 10.2 Å². The third kappa shape index (κ3) is 5.39. The Labute approximate surface area is 191 Å². The Bertz CT molecular complexity index is 955. The van der Waals surface area contributed by atoms with E-state index in [9.17, 15) is 9.59 Å². The zero-order valence-corrected chi connectivity index (χ0v) is 19.5. The van der Waals surface area contributed by atoms with E-state index in [2.05, 4.69) is 48.4 Å². The number of fused-ring (bicyclic) bond motifs is 2. The molecule has 2 aliphatic rings. The quantitative estimate of drug-likeness (QED) is 0.614. The fourth-order valence-corrected chi connectivity index (χ4v) is 5.81. The third-order valence-corrected chi connectivity index (χ3v) is 6.79. The van der Waals surface area contributed by atoms with Gasteiger partial charge in [-0.25, -0.2) is 0 Å². The fraction of sp³-hybridized carbons (Fsp3) is 0.481. The van der Waals surface area contributed by atoms with Crippen molar-refractivity contribution in [3.8, 4) is 0 Å². The molecule has 2 N–H and O–H groups in total. The standard InChI is InChI=1S/C27H35N3O2/c1-26(2)15-23-16-27(3,18-26)19-30(23)25(32)21-9-11-22(12-10-21)29-24(31)13-14-28-17-20-7-5-4-6-8-20/h4-12,23,28H,13-19H2,1-3H3,(H,29,31). The second-order valence-electron chi connectivity index (χ2n) is 10.7. The molecule has 4 rings (SSSR count). The van der Waals surface area contributed by atoms with E-state index < -0.39 is 0 Å². The maximum atomic E-state index is 13.2. The molecule has 5 nitrogen and oxygen atoms in total.